The van der Waals surface area contributed by atoms with Crippen LogP contribution in [0.4, 0.5) is 48.3 Å². The van der Waals surface area contributed by atoms with Crippen LogP contribution in [0.1, 0.15) is 110 Å². The highest BCUT2D eigenvalue weighted by Gasteiger charge is 2.78. The number of unbranched alkanes of at least 4 members (excludes halogenated alkanes) is 12. The average Bonchev–Trinajstić information content (AvgIpc) is 2.82. The quantitative estimate of drug-likeness (QED) is 0.0940. The van der Waals surface area contributed by atoms with Crippen molar-refractivity contribution in [1.82, 2.24) is 0 Å². The third-order valence-electron chi connectivity index (χ3n) is 6.24. The van der Waals surface area contributed by atoms with Crippen molar-refractivity contribution >= 4 is 0 Å². The fraction of sp³-hybridized carbons (Fsp3) is 1.00. The second kappa shape index (κ2) is 17.8. The van der Waals surface area contributed by atoms with Crippen LogP contribution in [-0.4, -0.2) is 54.7 Å². The molecule has 0 aromatic heterocycles. The zero-order valence-electron chi connectivity index (χ0n) is 22.2. The number of rotatable bonds is 23. The summed E-state index contributed by atoms with van der Waals surface area (Å²) in [5.41, 5.74) is 0. The lowest BCUT2D eigenvalue weighted by Crippen LogP contribution is -2.63. The van der Waals surface area contributed by atoms with E-state index in [4.69, 9.17) is 5.11 Å². The first-order chi connectivity index (χ1) is 18.0. The molecule has 0 aromatic rings. The predicted molar refractivity (Wildman–Crippen MR) is 123 cm³/mol. The first-order valence-corrected chi connectivity index (χ1v) is 13.5. The summed E-state index contributed by atoms with van der Waals surface area (Å²) in [6.07, 6.45) is -8.74. The van der Waals surface area contributed by atoms with Crippen LogP contribution < -0.4 is 0 Å². The highest BCUT2D eigenvalue weighted by atomic mass is 19.4. The first-order valence-electron chi connectivity index (χ1n) is 13.5. The molecule has 1 N–H and O–H groups in total. The summed E-state index contributed by atoms with van der Waals surface area (Å²) in [5.74, 6) is -11.8. The molecule has 0 saturated carbocycles. The van der Waals surface area contributed by atoms with E-state index >= 15 is 0 Å². The number of halogens is 11. The molecule has 0 aliphatic rings. The normalized spacial score (nSPS) is 17.2. The van der Waals surface area contributed by atoms with Gasteiger partial charge in [0.1, 0.15) is 12.8 Å². The Labute approximate surface area is 222 Å². The van der Waals surface area contributed by atoms with E-state index in [0.29, 0.717) is 6.42 Å². The maximum Gasteiger partial charge on any atom is 0.457 e. The number of alkyl halides is 11. The molecule has 0 bridgehead atoms. The maximum absolute atomic E-state index is 14.2. The van der Waals surface area contributed by atoms with Crippen molar-refractivity contribution < 1.29 is 62.9 Å². The maximum atomic E-state index is 14.2. The fourth-order valence-corrected chi connectivity index (χ4v) is 3.81. The van der Waals surface area contributed by atoms with Crippen LogP contribution in [-0.2, 0) is 9.47 Å². The van der Waals surface area contributed by atoms with Crippen LogP contribution in [0, 0.1) is 0 Å². The first kappa shape index (κ1) is 38.1. The zero-order valence-corrected chi connectivity index (χ0v) is 22.2. The Morgan fingerprint density at radius 2 is 1.00 bits per heavy atom. The number of ether oxygens (including phenoxy) is 2. The van der Waals surface area contributed by atoms with Crippen molar-refractivity contribution in [3.05, 3.63) is 0 Å². The Kier molecular flexibility index (Phi) is 17.4. The van der Waals surface area contributed by atoms with Gasteiger partial charge in [0.2, 0.25) is 0 Å². The Morgan fingerprint density at radius 1 is 0.590 bits per heavy atom. The van der Waals surface area contributed by atoms with E-state index in [1.165, 1.54) is 38.5 Å². The van der Waals surface area contributed by atoms with Gasteiger partial charge in [-0.15, -0.1) is 0 Å². The van der Waals surface area contributed by atoms with Gasteiger partial charge >= 0.3 is 30.2 Å². The smallest absolute Gasteiger partial charge is 0.390 e. The minimum absolute atomic E-state index is 0.0313. The van der Waals surface area contributed by atoms with Crippen molar-refractivity contribution in [2.45, 2.75) is 146 Å². The van der Waals surface area contributed by atoms with Crippen LogP contribution in [0.3, 0.4) is 0 Å². The SMILES string of the molecule is CCCCCCCCCCCCCC(F)CCCCCOC(F)(C(F)(F)F)C(F)(F)OC(F)(CO)C(F)(F)F. The molecule has 0 amide bonds. The third kappa shape index (κ3) is 13.5. The fourth-order valence-electron chi connectivity index (χ4n) is 3.81. The molecule has 0 heterocycles. The number of aliphatic hydroxyl groups is 1. The summed E-state index contributed by atoms with van der Waals surface area (Å²) in [6.45, 7) is -2.05. The Morgan fingerprint density at radius 3 is 1.38 bits per heavy atom. The van der Waals surface area contributed by atoms with Gasteiger partial charge < -0.3 is 9.84 Å². The van der Waals surface area contributed by atoms with E-state index in [0.717, 1.165) is 25.7 Å². The molecule has 0 aromatic carbocycles. The minimum Gasteiger partial charge on any atom is -0.390 e. The second-order valence-electron chi connectivity index (χ2n) is 9.72. The van der Waals surface area contributed by atoms with Crippen molar-refractivity contribution in [3.8, 4) is 0 Å². The molecule has 0 radical (unpaired) electrons. The highest BCUT2D eigenvalue weighted by molar-refractivity contribution is 4.90. The lowest BCUT2D eigenvalue weighted by Gasteiger charge is -2.37. The van der Waals surface area contributed by atoms with Gasteiger partial charge in [-0.3, -0.25) is 4.74 Å². The summed E-state index contributed by atoms with van der Waals surface area (Å²) in [5, 5.41) is 8.38. The summed E-state index contributed by atoms with van der Waals surface area (Å²) in [4.78, 5) is 0. The monoisotopic (exact) mass is 598 g/mol. The summed E-state index contributed by atoms with van der Waals surface area (Å²) in [7, 11) is 0. The molecule has 3 atom stereocenters. The summed E-state index contributed by atoms with van der Waals surface area (Å²) >= 11 is 0. The van der Waals surface area contributed by atoms with Crippen molar-refractivity contribution in [2.75, 3.05) is 13.2 Å². The molecular formula is C25H41F11O3. The molecule has 236 valence electrons. The molecule has 0 spiro atoms. The van der Waals surface area contributed by atoms with Crippen LogP contribution >= 0.6 is 0 Å². The van der Waals surface area contributed by atoms with Gasteiger partial charge in [-0.1, -0.05) is 90.4 Å². The Bertz CT molecular complexity index is 631. The molecule has 0 fully saturated rings. The standard InChI is InChI=1S/C25H41F11O3/c1-2-3-4-5-6-7-8-9-10-11-13-16-20(26)17-14-12-15-18-38-22(28,24(32,33)34)25(35,36)39-21(27,19-37)23(29,30)31/h20,37H,2-19H2,1H3. The van der Waals surface area contributed by atoms with Gasteiger partial charge in [-0.2, -0.15) is 43.9 Å². The van der Waals surface area contributed by atoms with Crippen molar-refractivity contribution in [2.24, 2.45) is 0 Å². The molecule has 14 heteroatoms. The van der Waals surface area contributed by atoms with Crippen LogP contribution in [0.5, 0.6) is 0 Å². The van der Waals surface area contributed by atoms with E-state index in [1.807, 2.05) is 0 Å². The second-order valence-corrected chi connectivity index (χ2v) is 9.72. The molecule has 3 nitrogen and oxygen atoms in total. The molecule has 3 unspecified atom stereocenters. The largest absolute Gasteiger partial charge is 0.457 e. The Hall–Kier alpha value is -0.890. The molecule has 0 aliphatic carbocycles. The van der Waals surface area contributed by atoms with Crippen LogP contribution in [0.2, 0.25) is 0 Å². The van der Waals surface area contributed by atoms with Crippen LogP contribution in [0.25, 0.3) is 0 Å². The van der Waals surface area contributed by atoms with Gasteiger partial charge in [0.15, 0.2) is 0 Å². The lowest BCUT2D eigenvalue weighted by atomic mass is 10.0. The van der Waals surface area contributed by atoms with E-state index in [1.54, 1.807) is 0 Å². The van der Waals surface area contributed by atoms with E-state index in [-0.39, 0.29) is 25.7 Å². The molecule has 39 heavy (non-hydrogen) atoms. The van der Waals surface area contributed by atoms with Gasteiger partial charge in [0, 0.05) is 0 Å². The summed E-state index contributed by atoms with van der Waals surface area (Å²) < 4.78 is 152. The molecule has 0 aliphatic heterocycles. The predicted octanol–water partition coefficient (Wildman–Crippen LogP) is 9.66. The average molecular weight is 599 g/mol. The van der Waals surface area contributed by atoms with Crippen molar-refractivity contribution in [3.63, 3.8) is 0 Å². The zero-order chi connectivity index (χ0) is 30.2. The number of hydrogen-bond acceptors (Lipinski definition) is 3. The van der Waals surface area contributed by atoms with Gasteiger partial charge in [0.25, 0.3) is 0 Å². The van der Waals surface area contributed by atoms with Gasteiger partial charge in [-0.25, -0.2) is 4.39 Å². The van der Waals surface area contributed by atoms with Gasteiger partial charge in [-0.05, 0) is 19.3 Å². The van der Waals surface area contributed by atoms with E-state index in [9.17, 15) is 48.3 Å². The topological polar surface area (TPSA) is 38.7 Å². The molecule has 0 rings (SSSR count). The Balaban J connectivity index is 4.34. The number of hydrogen-bond donors (Lipinski definition) is 1. The van der Waals surface area contributed by atoms with Gasteiger partial charge in [0.05, 0.1) is 6.61 Å². The third-order valence-corrected chi connectivity index (χ3v) is 6.24. The summed E-state index contributed by atoms with van der Waals surface area (Å²) in [6, 6.07) is 0. The van der Waals surface area contributed by atoms with Crippen LogP contribution in [0.15, 0.2) is 0 Å². The minimum atomic E-state index is -6.63. The van der Waals surface area contributed by atoms with E-state index in [2.05, 4.69) is 16.4 Å². The molecular weight excluding hydrogens is 557 g/mol. The number of aliphatic hydroxyl groups excluding tert-OH is 1. The van der Waals surface area contributed by atoms with Crippen molar-refractivity contribution in [1.29, 1.82) is 0 Å². The van der Waals surface area contributed by atoms with E-state index < -0.39 is 56.0 Å². The molecule has 0 saturated heterocycles. The highest BCUT2D eigenvalue weighted by Crippen LogP contribution is 2.50. The lowest BCUT2D eigenvalue weighted by molar-refractivity contribution is -0.505.